The molecule has 164 valence electrons. The van der Waals surface area contributed by atoms with E-state index < -0.39 is 42.3 Å². The first-order chi connectivity index (χ1) is 13.7. The summed E-state index contributed by atoms with van der Waals surface area (Å²) in [5, 5.41) is -0.738. The van der Waals surface area contributed by atoms with Gasteiger partial charge in [-0.3, -0.25) is 0 Å². The van der Waals surface area contributed by atoms with Crippen LogP contribution in [-0.2, 0) is 0 Å². The molecular formula is C22H31F5SSi. The molecule has 29 heavy (non-hydrogen) atoms. The standard InChI is InChI=1S/C22H31F5SSi/c1-4-14-28-15-12-10-8-6-5-7-9-11-13-16-29(2,3)22-20(26)18(24)17(23)19(25)21(22)27/h4-12,14-15H2,1-3H3. The van der Waals surface area contributed by atoms with Crippen molar-refractivity contribution in [2.45, 2.75) is 77.8 Å². The van der Waals surface area contributed by atoms with E-state index in [0.29, 0.717) is 6.42 Å². The quantitative estimate of drug-likeness (QED) is 0.0817. The minimum absolute atomic E-state index is 0.569. The van der Waals surface area contributed by atoms with Crippen LogP contribution in [0, 0.1) is 40.6 Å². The summed E-state index contributed by atoms with van der Waals surface area (Å²) in [5.41, 5.74) is 2.82. The molecule has 1 aromatic carbocycles. The topological polar surface area (TPSA) is 0 Å². The molecular weight excluding hydrogens is 419 g/mol. The van der Waals surface area contributed by atoms with E-state index >= 15 is 0 Å². The van der Waals surface area contributed by atoms with Crippen LogP contribution >= 0.6 is 11.8 Å². The Morgan fingerprint density at radius 3 is 1.72 bits per heavy atom. The van der Waals surface area contributed by atoms with Gasteiger partial charge in [-0.2, -0.15) is 11.8 Å². The van der Waals surface area contributed by atoms with Gasteiger partial charge in [0.2, 0.25) is 5.82 Å². The SMILES string of the molecule is CCCSCCCCCCCCCC#C[Si](C)(C)c1c(F)c(F)c(F)c(F)c1F. The van der Waals surface area contributed by atoms with Gasteiger partial charge in [0.15, 0.2) is 31.3 Å². The molecule has 0 aliphatic rings. The van der Waals surface area contributed by atoms with Crippen molar-refractivity contribution in [2.75, 3.05) is 11.5 Å². The van der Waals surface area contributed by atoms with Crippen LogP contribution in [0.2, 0.25) is 13.1 Å². The smallest absolute Gasteiger partial charge is 0.200 e. The van der Waals surface area contributed by atoms with Crippen molar-refractivity contribution < 1.29 is 22.0 Å². The van der Waals surface area contributed by atoms with E-state index in [1.165, 1.54) is 56.7 Å². The first-order valence-electron chi connectivity index (χ1n) is 10.3. The van der Waals surface area contributed by atoms with Crippen LogP contribution in [0.4, 0.5) is 22.0 Å². The number of hydrogen-bond acceptors (Lipinski definition) is 1. The van der Waals surface area contributed by atoms with E-state index in [1.54, 1.807) is 0 Å². The number of unbranched alkanes of at least 4 members (excludes halogenated alkanes) is 7. The first-order valence-corrected chi connectivity index (χ1v) is 14.5. The molecule has 0 spiro atoms. The predicted octanol–water partition coefficient (Wildman–Crippen LogP) is 7.10. The van der Waals surface area contributed by atoms with Gasteiger partial charge in [0, 0.05) is 11.6 Å². The van der Waals surface area contributed by atoms with Crippen LogP contribution in [0.3, 0.4) is 0 Å². The molecule has 0 saturated heterocycles. The summed E-state index contributed by atoms with van der Waals surface area (Å²) < 4.78 is 68.1. The monoisotopic (exact) mass is 450 g/mol. The maximum absolute atomic E-state index is 14.0. The fourth-order valence-electron chi connectivity index (χ4n) is 3.05. The van der Waals surface area contributed by atoms with Crippen molar-refractivity contribution in [1.29, 1.82) is 0 Å². The average Bonchev–Trinajstić information content (AvgIpc) is 2.68. The Balaban J connectivity index is 2.39. The molecule has 1 rings (SSSR count). The number of benzene rings is 1. The molecule has 0 N–H and O–H groups in total. The van der Waals surface area contributed by atoms with Gasteiger partial charge in [-0.15, -0.1) is 11.5 Å². The summed E-state index contributed by atoms with van der Waals surface area (Å²) in [6, 6.07) is 0. The minimum Gasteiger partial charge on any atom is -0.204 e. The second-order valence-electron chi connectivity index (χ2n) is 7.71. The zero-order valence-electron chi connectivity index (χ0n) is 17.6. The van der Waals surface area contributed by atoms with Crippen LogP contribution in [-0.4, -0.2) is 19.6 Å². The van der Waals surface area contributed by atoms with Gasteiger partial charge in [0.1, 0.15) is 0 Å². The lowest BCUT2D eigenvalue weighted by molar-refractivity contribution is 0.384. The Morgan fingerprint density at radius 1 is 0.690 bits per heavy atom. The van der Waals surface area contributed by atoms with Gasteiger partial charge in [0.05, 0.1) is 0 Å². The van der Waals surface area contributed by atoms with Crippen LogP contribution in [0.25, 0.3) is 0 Å². The van der Waals surface area contributed by atoms with Crippen molar-refractivity contribution >= 4 is 25.0 Å². The Morgan fingerprint density at radius 2 is 1.17 bits per heavy atom. The zero-order chi connectivity index (χ0) is 21.9. The number of rotatable bonds is 12. The molecule has 0 unspecified atom stereocenters. The van der Waals surface area contributed by atoms with Crippen LogP contribution in [0.15, 0.2) is 0 Å². The Bertz CT molecular complexity index is 680. The maximum atomic E-state index is 14.0. The summed E-state index contributed by atoms with van der Waals surface area (Å²) in [5.74, 6) is -4.04. The summed E-state index contributed by atoms with van der Waals surface area (Å²) in [6.45, 7) is 5.19. The zero-order valence-corrected chi connectivity index (χ0v) is 19.4. The molecule has 0 amide bonds. The largest absolute Gasteiger partial charge is 0.204 e. The second kappa shape index (κ2) is 13.3. The molecule has 7 heteroatoms. The van der Waals surface area contributed by atoms with E-state index in [2.05, 4.69) is 18.4 Å². The molecule has 0 saturated carbocycles. The summed E-state index contributed by atoms with van der Waals surface area (Å²) >= 11 is 2.02. The molecule has 0 atom stereocenters. The third kappa shape index (κ3) is 8.33. The lowest BCUT2D eigenvalue weighted by Crippen LogP contribution is -2.46. The third-order valence-electron chi connectivity index (χ3n) is 4.67. The lowest BCUT2D eigenvalue weighted by Gasteiger charge is -2.18. The minimum atomic E-state index is -3.11. The van der Waals surface area contributed by atoms with Crippen LogP contribution in [0.5, 0.6) is 0 Å². The molecule has 0 bridgehead atoms. The molecule has 0 heterocycles. The van der Waals surface area contributed by atoms with E-state index in [1.807, 2.05) is 11.8 Å². The molecule has 0 aromatic heterocycles. The summed E-state index contributed by atoms with van der Waals surface area (Å²) in [4.78, 5) is 0. The third-order valence-corrected chi connectivity index (χ3v) is 8.44. The maximum Gasteiger partial charge on any atom is 0.200 e. The Labute approximate surface area is 177 Å². The Kier molecular flexibility index (Phi) is 12.0. The van der Waals surface area contributed by atoms with Gasteiger partial charge in [0.25, 0.3) is 0 Å². The molecule has 1 aromatic rings. The molecule has 0 radical (unpaired) electrons. The highest BCUT2D eigenvalue weighted by Gasteiger charge is 2.35. The van der Waals surface area contributed by atoms with Gasteiger partial charge < -0.3 is 0 Å². The fourth-order valence-corrected chi connectivity index (χ4v) is 5.96. The van der Waals surface area contributed by atoms with Crippen LogP contribution in [0.1, 0.15) is 64.7 Å². The number of thioether (sulfide) groups is 1. The van der Waals surface area contributed by atoms with E-state index in [0.717, 1.165) is 19.3 Å². The highest BCUT2D eigenvalue weighted by molar-refractivity contribution is 7.99. The number of halogens is 5. The van der Waals surface area contributed by atoms with Gasteiger partial charge in [-0.05, 0) is 30.8 Å². The highest BCUT2D eigenvalue weighted by Crippen LogP contribution is 2.19. The van der Waals surface area contributed by atoms with E-state index in [9.17, 15) is 22.0 Å². The van der Waals surface area contributed by atoms with Crippen molar-refractivity contribution in [2.24, 2.45) is 0 Å². The molecule has 0 fully saturated rings. The lowest BCUT2D eigenvalue weighted by atomic mass is 10.1. The van der Waals surface area contributed by atoms with Crippen LogP contribution < -0.4 is 5.19 Å². The first kappa shape index (κ1) is 26.0. The van der Waals surface area contributed by atoms with E-state index in [-0.39, 0.29) is 0 Å². The van der Waals surface area contributed by atoms with Crippen molar-refractivity contribution in [1.82, 2.24) is 0 Å². The Hall–Kier alpha value is -1.00. The normalized spacial score (nSPS) is 11.4. The summed E-state index contributed by atoms with van der Waals surface area (Å²) in [7, 11) is -3.11. The average molecular weight is 451 g/mol. The molecule has 0 aliphatic carbocycles. The van der Waals surface area contributed by atoms with Gasteiger partial charge in [-0.1, -0.05) is 52.1 Å². The fraction of sp³-hybridized carbons (Fsp3) is 0.636. The highest BCUT2D eigenvalue weighted by atomic mass is 32.2. The number of hydrogen-bond donors (Lipinski definition) is 0. The van der Waals surface area contributed by atoms with Crippen molar-refractivity contribution in [3.05, 3.63) is 29.1 Å². The second-order valence-corrected chi connectivity index (χ2v) is 12.9. The van der Waals surface area contributed by atoms with Gasteiger partial charge in [-0.25, -0.2) is 22.0 Å². The van der Waals surface area contributed by atoms with Crippen molar-refractivity contribution in [3.63, 3.8) is 0 Å². The summed E-state index contributed by atoms with van der Waals surface area (Å²) in [6.07, 6.45) is 9.79. The molecule has 0 nitrogen and oxygen atoms in total. The molecule has 0 aliphatic heterocycles. The van der Waals surface area contributed by atoms with E-state index in [4.69, 9.17) is 0 Å². The van der Waals surface area contributed by atoms with Crippen molar-refractivity contribution in [3.8, 4) is 11.5 Å². The predicted molar refractivity (Wildman–Crippen MR) is 116 cm³/mol. The van der Waals surface area contributed by atoms with Gasteiger partial charge >= 0.3 is 0 Å².